The molecular formula is C14H19FN2O3. The number of carbonyl (C=O) groups is 2. The zero-order chi connectivity index (χ0) is 15.7. The molecule has 0 spiro atoms. The number of rotatable bonds is 4. The molecule has 1 aromatic rings. The van der Waals surface area contributed by atoms with Crippen LogP contribution in [0.15, 0.2) is 18.2 Å². The molecular weight excluding hydrogens is 263 g/mol. The largest absolute Gasteiger partial charge is 0.481 e. The van der Waals surface area contributed by atoms with Crippen molar-refractivity contribution in [1.29, 1.82) is 0 Å². The lowest BCUT2D eigenvalue weighted by Gasteiger charge is -2.38. The highest BCUT2D eigenvalue weighted by atomic mass is 19.1. The summed E-state index contributed by atoms with van der Waals surface area (Å²) in [5.41, 5.74) is 3.50. The van der Waals surface area contributed by atoms with Gasteiger partial charge in [-0.15, -0.1) is 0 Å². The molecule has 1 amide bonds. The summed E-state index contributed by atoms with van der Waals surface area (Å²) in [7, 11) is 0. The van der Waals surface area contributed by atoms with Crippen molar-refractivity contribution in [3.05, 3.63) is 29.6 Å². The molecule has 5 nitrogen and oxygen atoms in total. The number of nitrogens with two attached hydrogens (primary N) is 1. The number of benzene rings is 1. The quantitative estimate of drug-likeness (QED) is 0.737. The fraction of sp³-hybridized carbons (Fsp3) is 0.429. The lowest BCUT2D eigenvalue weighted by Crippen LogP contribution is -2.57. The van der Waals surface area contributed by atoms with Gasteiger partial charge in [-0.2, -0.15) is 0 Å². The maximum atomic E-state index is 13.2. The maximum Gasteiger partial charge on any atom is 0.311 e. The van der Waals surface area contributed by atoms with Gasteiger partial charge in [0.05, 0.1) is 16.5 Å². The fourth-order valence-corrected chi connectivity index (χ4v) is 1.50. The van der Waals surface area contributed by atoms with Crippen molar-refractivity contribution in [2.24, 2.45) is 5.41 Å². The average molecular weight is 282 g/mol. The van der Waals surface area contributed by atoms with Gasteiger partial charge in [-0.3, -0.25) is 9.59 Å². The van der Waals surface area contributed by atoms with Crippen LogP contribution in [-0.2, 0) is 4.79 Å². The second-order valence-corrected chi connectivity index (χ2v) is 5.74. The molecule has 110 valence electrons. The van der Waals surface area contributed by atoms with Crippen LogP contribution in [0.2, 0.25) is 0 Å². The molecule has 0 aromatic heterocycles. The number of carboxylic acids is 1. The van der Waals surface area contributed by atoms with Crippen LogP contribution in [-0.4, -0.2) is 22.5 Å². The van der Waals surface area contributed by atoms with Crippen LogP contribution in [0.1, 0.15) is 38.1 Å². The molecule has 1 rings (SSSR count). The molecule has 0 radical (unpaired) electrons. The lowest BCUT2D eigenvalue weighted by atomic mass is 9.74. The topological polar surface area (TPSA) is 92.4 Å². The fourth-order valence-electron chi connectivity index (χ4n) is 1.50. The summed E-state index contributed by atoms with van der Waals surface area (Å²) in [6.07, 6.45) is 0. The van der Waals surface area contributed by atoms with E-state index >= 15 is 0 Å². The number of halogens is 1. The Morgan fingerprint density at radius 1 is 1.25 bits per heavy atom. The first-order valence-corrected chi connectivity index (χ1v) is 6.10. The van der Waals surface area contributed by atoms with E-state index in [0.717, 1.165) is 12.1 Å². The zero-order valence-electron chi connectivity index (χ0n) is 12.0. The summed E-state index contributed by atoms with van der Waals surface area (Å²) >= 11 is 0. The Kier molecular flexibility index (Phi) is 4.07. The molecule has 0 bridgehead atoms. The average Bonchev–Trinajstić information content (AvgIpc) is 2.31. The molecule has 0 unspecified atom stereocenters. The van der Waals surface area contributed by atoms with Gasteiger partial charge in [0, 0.05) is 5.69 Å². The van der Waals surface area contributed by atoms with Crippen molar-refractivity contribution in [1.82, 2.24) is 5.32 Å². The number of carbonyl (C=O) groups excluding carboxylic acids is 1. The number of nitrogens with one attached hydrogen (secondary N) is 1. The highest BCUT2D eigenvalue weighted by molar-refractivity contribution is 5.99. The van der Waals surface area contributed by atoms with E-state index < -0.39 is 28.6 Å². The molecule has 0 atom stereocenters. The Balaban J connectivity index is 3.06. The van der Waals surface area contributed by atoms with Gasteiger partial charge < -0.3 is 16.2 Å². The van der Waals surface area contributed by atoms with Crippen molar-refractivity contribution in [2.75, 3.05) is 5.73 Å². The summed E-state index contributed by atoms with van der Waals surface area (Å²) in [5.74, 6) is -2.24. The monoisotopic (exact) mass is 282 g/mol. The minimum Gasteiger partial charge on any atom is -0.481 e. The third-order valence-electron chi connectivity index (χ3n) is 3.78. The Morgan fingerprint density at radius 2 is 1.80 bits per heavy atom. The van der Waals surface area contributed by atoms with Crippen molar-refractivity contribution < 1.29 is 19.1 Å². The number of amides is 1. The molecule has 6 heteroatoms. The molecule has 0 heterocycles. The van der Waals surface area contributed by atoms with Crippen LogP contribution in [0.4, 0.5) is 10.1 Å². The minimum absolute atomic E-state index is 0.0146. The van der Waals surface area contributed by atoms with Crippen LogP contribution in [0.25, 0.3) is 0 Å². The molecule has 0 fully saturated rings. The summed E-state index contributed by atoms with van der Waals surface area (Å²) in [6, 6.07) is 3.46. The smallest absolute Gasteiger partial charge is 0.311 e. The Hall–Kier alpha value is -2.11. The van der Waals surface area contributed by atoms with Crippen LogP contribution >= 0.6 is 0 Å². The number of carboxylic acid groups (broad SMARTS) is 1. The first kappa shape index (κ1) is 15.9. The predicted octanol–water partition coefficient (Wildman–Crippen LogP) is 2.03. The van der Waals surface area contributed by atoms with E-state index in [-0.39, 0.29) is 11.3 Å². The molecule has 0 saturated heterocycles. The maximum absolute atomic E-state index is 13.2. The standard InChI is InChI=1S/C14H19FN2O3/c1-13(2,12(19)20)14(3,4)17-11(18)9-7-8(15)5-6-10(9)16/h5-7H,16H2,1-4H3,(H,17,18)(H,19,20). The van der Waals surface area contributed by atoms with Crippen molar-refractivity contribution in [3.8, 4) is 0 Å². The Bertz CT molecular complexity index is 553. The van der Waals surface area contributed by atoms with E-state index in [4.69, 9.17) is 5.73 Å². The summed E-state index contributed by atoms with van der Waals surface area (Å²) in [6.45, 7) is 6.19. The van der Waals surface area contributed by atoms with Gasteiger partial charge in [0.25, 0.3) is 5.91 Å². The third kappa shape index (κ3) is 2.89. The van der Waals surface area contributed by atoms with Crippen molar-refractivity contribution in [3.63, 3.8) is 0 Å². The molecule has 4 N–H and O–H groups in total. The Labute approximate surface area is 117 Å². The molecule has 0 aliphatic carbocycles. The van der Waals surface area contributed by atoms with Crippen LogP contribution in [0, 0.1) is 11.2 Å². The van der Waals surface area contributed by atoms with E-state index in [9.17, 15) is 19.1 Å². The van der Waals surface area contributed by atoms with Crippen molar-refractivity contribution >= 4 is 17.6 Å². The van der Waals surface area contributed by atoms with E-state index in [1.54, 1.807) is 13.8 Å². The lowest BCUT2D eigenvalue weighted by molar-refractivity contribution is -0.150. The summed E-state index contributed by atoms with van der Waals surface area (Å²) in [4.78, 5) is 23.4. The van der Waals surface area contributed by atoms with E-state index in [2.05, 4.69) is 5.32 Å². The first-order chi connectivity index (χ1) is 8.99. The number of aliphatic carboxylic acids is 1. The second-order valence-electron chi connectivity index (χ2n) is 5.74. The van der Waals surface area contributed by atoms with Crippen molar-refractivity contribution in [2.45, 2.75) is 33.2 Å². The molecule has 0 aliphatic rings. The number of hydrogen-bond donors (Lipinski definition) is 3. The van der Waals surface area contributed by atoms with Gasteiger partial charge in [-0.05, 0) is 45.9 Å². The molecule has 0 aliphatic heterocycles. The molecule has 20 heavy (non-hydrogen) atoms. The van der Waals surface area contributed by atoms with Gasteiger partial charge in [0.15, 0.2) is 0 Å². The SMILES string of the molecule is CC(C)(NC(=O)c1cc(F)ccc1N)C(C)(C)C(=O)O. The number of nitrogen functional groups attached to an aromatic ring is 1. The van der Waals surface area contributed by atoms with Gasteiger partial charge >= 0.3 is 5.97 Å². The van der Waals surface area contributed by atoms with E-state index in [0.29, 0.717) is 0 Å². The van der Waals surface area contributed by atoms with Crippen LogP contribution in [0.5, 0.6) is 0 Å². The van der Waals surface area contributed by atoms with Gasteiger partial charge in [0.2, 0.25) is 0 Å². The molecule has 1 aromatic carbocycles. The summed E-state index contributed by atoms with van der Waals surface area (Å²) in [5, 5.41) is 11.8. The Morgan fingerprint density at radius 3 is 2.30 bits per heavy atom. The first-order valence-electron chi connectivity index (χ1n) is 6.10. The predicted molar refractivity (Wildman–Crippen MR) is 73.8 cm³/mol. The summed E-state index contributed by atoms with van der Waals surface area (Å²) < 4.78 is 13.2. The normalized spacial score (nSPS) is 12.1. The van der Waals surface area contributed by atoms with E-state index in [1.165, 1.54) is 19.9 Å². The van der Waals surface area contributed by atoms with Gasteiger partial charge in [-0.1, -0.05) is 0 Å². The number of anilines is 1. The van der Waals surface area contributed by atoms with Crippen LogP contribution in [0.3, 0.4) is 0 Å². The van der Waals surface area contributed by atoms with Gasteiger partial charge in [-0.25, -0.2) is 4.39 Å². The van der Waals surface area contributed by atoms with E-state index in [1.807, 2.05) is 0 Å². The third-order valence-corrected chi connectivity index (χ3v) is 3.78. The second kappa shape index (κ2) is 5.11. The zero-order valence-corrected chi connectivity index (χ0v) is 12.0. The molecule has 0 saturated carbocycles. The minimum atomic E-state index is -1.20. The highest BCUT2D eigenvalue weighted by Crippen LogP contribution is 2.31. The van der Waals surface area contributed by atoms with Crippen LogP contribution < -0.4 is 11.1 Å². The van der Waals surface area contributed by atoms with Gasteiger partial charge in [0.1, 0.15) is 5.82 Å². The highest BCUT2D eigenvalue weighted by Gasteiger charge is 2.44. The number of hydrogen-bond acceptors (Lipinski definition) is 3.